The van der Waals surface area contributed by atoms with E-state index in [0.29, 0.717) is 12.1 Å². The van der Waals surface area contributed by atoms with Gasteiger partial charge in [-0.05, 0) is 40.2 Å². The first-order valence-corrected chi connectivity index (χ1v) is 7.16. The first kappa shape index (κ1) is 13.8. The normalized spacial score (nSPS) is 34.9. The molecule has 1 aliphatic heterocycles. The second kappa shape index (κ2) is 5.56. The Hall–Kier alpha value is -0.630. The third-order valence-corrected chi connectivity index (χ3v) is 4.32. The molecule has 1 heterocycles. The number of hydrogen-bond acceptors (Lipinski definition) is 4. The van der Waals surface area contributed by atoms with Crippen molar-refractivity contribution in [2.45, 2.75) is 50.7 Å². The summed E-state index contributed by atoms with van der Waals surface area (Å²) >= 11 is 0. The average molecular weight is 250 g/mol. The van der Waals surface area contributed by atoms with Crippen molar-refractivity contribution in [2.24, 2.45) is 0 Å². The number of rotatable bonds is 3. The van der Waals surface area contributed by atoms with Gasteiger partial charge in [-0.3, -0.25) is 10.2 Å². The summed E-state index contributed by atoms with van der Waals surface area (Å²) in [5.74, 6) is 0. The number of nitrogens with one attached hydrogen (secondary N) is 1. The van der Waals surface area contributed by atoms with E-state index < -0.39 is 0 Å². The highest BCUT2D eigenvalue weighted by Crippen LogP contribution is 2.33. The molecule has 1 saturated heterocycles. The molecule has 18 heavy (non-hydrogen) atoms. The van der Waals surface area contributed by atoms with Crippen LogP contribution in [0.15, 0.2) is 0 Å². The van der Waals surface area contributed by atoms with Crippen LogP contribution in [0.4, 0.5) is 0 Å². The Morgan fingerprint density at radius 1 is 1.28 bits per heavy atom. The molecule has 0 amide bonds. The average Bonchev–Trinajstić information content (AvgIpc) is 2.74. The van der Waals surface area contributed by atoms with Crippen molar-refractivity contribution in [2.75, 3.05) is 33.2 Å². The first-order valence-electron chi connectivity index (χ1n) is 7.16. The number of nitrogens with zero attached hydrogens (tertiary/aromatic N) is 3. The molecule has 0 bridgehead atoms. The standard InChI is InChI=1S/C14H26N4/c1-12(2)16-14(11-15)5-4-13(10-14)18-8-6-17(3)7-9-18/h12-13,16H,4-10H2,1-3H3. The van der Waals surface area contributed by atoms with Gasteiger partial charge in [0.05, 0.1) is 6.07 Å². The summed E-state index contributed by atoms with van der Waals surface area (Å²) in [5.41, 5.74) is -0.276. The largest absolute Gasteiger partial charge is 0.304 e. The van der Waals surface area contributed by atoms with Crippen molar-refractivity contribution in [1.29, 1.82) is 5.26 Å². The Kier molecular flexibility index (Phi) is 4.26. The minimum Gasteiger partial charge on any atom is -0.304 e. The van der Waals surface area contributed by atoms with Gasteiger partial charge >= 0.3 is 0 Å². The quantitative estimate of drug-likeness (QED) is 0.813. The van der Waals surface area contributed by atoms with Crippen LogP contribution in [0.25, 0.3) is 0 Å². The minimum absolute atomic E-state index is 0.276. The van der Waals surface area contributed by atoms with Crippen molar-refractivity contribution in [3.8, 4) is 6.07 Å². The fraction of sp³-hybridized carbons (Fsp3) is 0.929. The zero-order valence-electron chi connectivity index (χ0n) is 11.9. The smallest absolute Gasteiger partial charge is 0.108 e. The number of piperazine rings is 1. The van der Waals surface area contributed by atoms with Gasteiger partial charge in [0.1, 0.15) is 5.54 Å². The van der Waals surface area contributed by atoms with Gasteiger partial charge in [-0.2, -0.15) is 5.26 Å². The third-order valence-electron chi connectivity index (χ3n) is 4.32. The molecule has 1 aliphatic carbocycles. The molecule has 0 aromatic heterocycles. The zero-order valence-corrected chi connectivity index (χ0v) is 11.9. The molecule has 2 unspecified atom stereocenters. The lowest BCUT2D eigenvalue weighted by Crippen LogP contribution is -2.50. The Labute approximate surface area is 111 Å². The fourth-order valence-corrected chi connectivity index (χ4v) is 3.34. The Morgan fingerprint density at radius 2 is 1.94 bits per heavy atom. The van der Waals surface area contributed by atoms with Crippen LogP contribution in [0, 0.1) is 11.3 Å². The molecule has 4 heteroatoms. The Bertz CT molecular complexity index is 314. The van der Waals surface area contributed by atoms with E-state index in [2.05, 4.69) is 42.1 Å². The van der Waals surface area contributed by atoms with Crippen molar-refractivity contribution >= 4 is 0 Å². The maximum absolute atomic E-state index is 9.48. The Balaban J connectivity index is 1.93. The number of likely N-dealkylation sites (N-methyl/N-ethyl adjacent to an activating group) is 1. The molecular weight excluding hydrogens is 224 g/mol. The molecule has 102 valence electrons. The molecule has 0 radical (unpaired) electrons. The topological polar surface area (TPSA) is 42.3 Å². The van der Waals surface area contributed by atoms with Gasteiger partial charge in [0.25, 0.3) is 0 Å². The van der Waals surface area contributed by atoms with Crippen LogP contribution in [0.2, 0.25) is 0 Å². The van der Waals surface area contributed by atoms with Gasteiger partial charge < -0.3 is 4.90 Å². The van der Waals surface area contributed by atoms with Crippen LogP contribution in [0.5, 0.6) is 0 Å². The van der Waals surface area contributed by atoms with Crippen LogP contribution in [0.1, 0.15) is 33.1 Å². The lowest BCUT2D eigenvalue weighted by atomic mass is 9.98. The highest BCUT2D eigenvalue weighted by atomic mass is 15.3. The van der Waals surface area contributed by atoms with Crippen LogP contribution in [0.3, 0.4) is 0 Å². The van der Waals surface area contributed by atoms with E-state index in [1.807, 2.05) is 0 Å². The summed E-state index contributed by atoms with van der Waals surface area (Å²) in [5, 5.41) is 13.0. The highest BCUT2D eigenvalue weighted by molar-refractivity contribution is 5.14. The molecular formula is C14H26N4. The third kappa shape index (κ3) is 3.03. The molecule has 0 spiro atoms. The van der Waals surface area contributed by atoms with Crippen LogP contribution < -0.4 is 5.32 Å². The van der Waals surface area contributed by atoms with Gasteiger partial charge in [-0.1, -0.05) is 0 Å². The number of nitriles is 1. The molecule has 2 aliphatic rings. The van der Waals surface area contributed by atoms with Gasteiger partial charge in [-0.25, -0.2) is 0 Å². The summed E-state index contributed by atoms with van der Waals surface area (Å²) in [4.78, 5) is 4.97. The molecule has 2 rings (SSSR count). The maximum atomic E-state index is 9.48. The summed E-state index contributed by atoms with van der Waals surface area (Å²) in [6.07, 6.45) is 3.15. The van der Waals surface area contributed by atoms with E-state index in [9.17, 15) is 5.26 Å². The van der Waals surface area contributed by atoms with E-state index in [-0.39, 0.29) is 5.54 Å². The summed E-state index contributed by atoms with van der Waals surface area (Å²) < 4.78 is 0. The van der Waals surface area contributed by atoms with Crippen LogP contribution >= 0.6 is 0 Å². The van der Waals surface area contributed by atoms with E-state index >= 15 is 0 Å². The van der Waals surface area contributed by atoms with Crippen molar-refractivity contribution in [1.82, 2.24) is 15.1 Å². The molecule has 1 N–H and O–H groups in total. The molecule has 0 aromatic rings. The Morgan fingerprint density at radius 3 is 2.50 bits per heavy atom. The predicted molar refractivity (Wildman–Crippen MR) is 73.3 cm³/mol. The van der Waals surface area contributed by atoms with E-state index in [0.717, 1.165) is 45.4 Å². The van der Waals surface area contributed by atoms with Gasteiger partial charge in [0, 0.05) is 38.3 Å². The molecule has 0 aromatic carbocycles. The van der Waals surface area contributed by atoms with E-state index in [4.69, 9.17) is 0 Å². The van der Waals surface area contributed by atoms with Crippen molar-refractivity contribution < 1.29 is 0 Å². The van der Waals surface area contributed by atoms with E-state index in [1.165, 1.54) is 0 Å². The van der Waals surface area contributed by atoms with Gasteiger partial charge in [-0.15, -0.1) is 0 Å². The zero-order chi connectivity index (χ0) is 13.2. The second-order valence-electron chi connectivity index (χ2n) is 6.23. The van der Waals surface area contributed by atoms with Crippen LogP contribution in [-0.2, 0) is 0 Å². The predicted octanol–water partition coefficient (Wildman–Crippen LogP) is 1.05. The van der Waals surface area contributed by atoms with Gasteiger partial charge in [0.2, 0.25) is 0 Å². The molecule has 2 atom stereocenters. The van der Waals surface area contributed by atoms with Crippen molar-refractivity contribution in [3.63, 3.8) is 0 Å². The SMILES string of the molecule is CC(C)NC1(C#N)CCC(N2CCN(C)CC2)C1. The van der Waals surface area contributed by atoms with Crippen LogP contribution in [-0.4, -0.2) is 60.6 Å². The summed E-state index contributed by atoms with van der Waals surface area (Å²) in [6.45, 7) is 8.89. The second-order valence-corrected chi connectivity index (χ2v) is 6.23. The number of hydrogen-bond donors (Lipinski definition) is 1. The summed E-state index contributed by atoms with van der Waals surface area (Å²) in [6, 6.07) is 3.52. The monoisotopic (exact) mass is 250 g/mol. The highest BCUT2D eigenvalue weighted by Gasteiger charge is 2.42. The maximum Gasteiger partial charge on any atom is 0.108 e. The van der Waals surface area contributed by atoms with E-state index in [1.54, 1.807) is 0 Å². The minimum atomic E-state index is -0.276. The first-order chi connectivity index (χ1) is 8.54. The molecule has 4 nitrogen and oxygen atoms in total. The fourth-order valence-electron chi connectivity index (χ4n) is 3.34. The van der Waals surface area contributed by atoms with Crippen molar-refractivity contribution in [3.05, 3.63) is 0 Å². The lowest BCUT2D eigenvalue weighted by molar-refractivity contribution is 0.110. The lowest BCUT2D eigenvalue weighted by Gasteiger charge is -2.37. The molecule has 1 saturated carbocycles. The summed E-state index contributed by atoms with van der Waals surface area (Å²) in [7, 11) is 2.19. The molecule has 2 fully saturated rings. The van der Waals surface area contributed by atoms with Gasteiger partial charge in [0.15, 0.2) is 0 Å².